The Morgan fingerprint density at radius 1 is 0.911 bits per heavy atom. The smallest absolute Gasteiger partial charge is 0.417 e. The van der Waals surface area contributed by atoms with Gasteiger partial charge < -0.3 is 14.1 Å². The minimum atomic E-state index is -5.08. The zero-order chi connectivity index (χ0) is 32.5. The average Bonchev–Trinajstić information content (AvgIpc) is 3.60. The number of amides is 1. The van der Waals surface area contributed by atoms with Gasteiger partial charge in [-0.1, -0.05) is 18.2 Å². The van der Waals surface area contributed by atoms with E-state index in [1.165, 1.54) is 24.3 Å². The van der Waals surface area contributed by atoms with Gasteiger partial charge >= 0.3 is 18.1 Å². The number of para-hydroxylation sites is 1. The summed E-state index contributed by atoms with van der Waals surface area (Å²) in [5.41, 5.74) is -1.34. The van der Waals surface area contributed by atoms with Crippen LogP contribution in [0, 0.1) is 0 Å². The number of ether oxygens (including phenoxy) is 1. The van der Waals surface area contributed by atoms with Crippen LogP contribution in [0.2, 0.25) is 0 Å². The van der Waals surface area contributed by atoms with Crippen LogP contribution < -0.4 is 10.5 Å². The van der Waals surface area contributed by atoms with Crippen LogP contribution in [-0.4, -0.2) is 40.5 Å². The summed E-state index contributed by atoms with van der Waals surface area (Å²) in [5.74, 6) is -5.63. The number of carbonyl (C=O) groups excluding carboxylic acids is 1. The molecule has 0 radical (unpaired) electrons. The lowest BCUT2D eigenvalue weighted by Gasteiger charge is -2.30. The summed E-state index contributed by atoms with van der Waals surface area (Å²) in [6, 6.07) is 9.64. The van der Waals surface area contributed by atoms with Crippen molar-refractivity contribution in [3.8, 4) is 11.5 Å². The van der Waals surface area contributed by atoms with Gasteiger partial charge in [-0.25, -0.2) is 13.6 Å². The lowest BCUT2D eigenvalue weighted by atomic mass is 9.91. The lowest BCUT2D eigenvalue weighted by molar-refractivity contribution is -0.143. The molecule has 234 valence electrons. The number of rotatable bonds is 6. The van der Waals surface area contributed by atoms with Gasteiger partial charge in [-0.05, 0) is 48.0 Å². The van der Waals surface area contributed by atoms with Crippen LogP contribution in [0.5, 0.6) is 11.5 Å². The number of aromatic nitrogens is 1. The quantitative estimate of drug-likeness (QED) is 0.225. The standard InChI is InChI=1S/C30H19F8N3O4/c1-28(31,32)13-41-24(22-20(26(41)42)12-39-23(22)19-3-2-4-21-25(19)45-27(43)40-21)14-5-7-17(8-6-14)44-18-10-15(29(33,34)35)9-16(11-18)30(36,37)38/h2-11,24H,12-13H2,1H3,(H,40,43). The highest BCUT2D eigenvalue weighted by molar-refractivity contribution is 6.25. The van der Waals surface area contributed by atoms with E-state index in [1.54, 1.807) is 18.2 Å². The molecular weight excluding hydrogens is 618 g/mol. The molecule has 1 unspecified atom stereocenters. The molecular formula is C30H19F8N3O4. The summed E-state index contributed by atoms with van der Waals surface area (Å²) < 4.78 is 119. The maximum Gasteiger partial charge on any atom is 0.417 e. The molecule has 1 amide bonds. The van der Waals surface area contributed by atoms with E-state index in [2.05, 4.69) is 9.98 Å². The number of halogens is 8. The third-order valence-corrected chi connectivity index (χ3v) is 7.22. The Morgan fingerprint density at radius 2 is 1.56 bits per heavy atom. The number of carbonyl (C=O) groups is 1. The van der Waals surface area contributed by atoms with Crippen molar-refractivity contribution < 1.29 is 49.1 Å². The van der Waals surface area contributed by atoms with Gasteiger partial charge in [-0.2, -0.15) is 26.3 Å². The summed E-state index contributed by atoms with van der Waals surface area (Å²) in [6.07, 6.45) is -10.2. The summed E-state index contributed by atoms with van der Waals surface area (Å²) in [7, 11) is 0. The number of H-pyrrole nitrogens is 1. The molecule has 0 aliphatic carbocycles. The van der Waals surface area contributed by atoms with Crippen molar-refractivity contribution in [1.82, 2.24) is 9.88 Å². The van der Waals surface area contributed by atoms with E-state index in [0.717, 1.165) is 4.90 Å². The minimum absolute atomic E-state index is 0.0314. The number of aromatic amines is 1. The highest BCUT2D eigenvalue weighted by Gasteiger charge is 2.47. The van der Waals surface area contributed by atoms with Crippen LogP contribution in [0.15, 0.2) is 86.0 Å². The number of fused-ring (bicyclic) bond motifs is 1. The molecule has 15 heteroatoms. The highest BCUT2D eigenvalue weighted by atomic mass is 19.4. The maximum absolute atomic E-state index is 14.3. The number of alkyl halides is 8. The van der Waals surface area contributed by atoms with Crippen molar-refractivity contribution in [1.29, 1.82) is 0 Å². The first-order valence-electron chi connectivity index (χ1n) is 13.2. The fourth-order valence-electron chi connectivity index (χ4n) is 5.43. The third kappa shape index (κ3) is 5.69. The van der Waals surface area contributed by atoms with Gasteiger partial charge in [0, 0.05) is 23.6 Å². The largest absolute Gasteiger partial charge is 0.457 e. The van der Waals surface area contributed by atoms with E-state index in [9.17, 15) is 44.7 Å². The first-order chi connectivity index (χ1) is 21.0. The number of hydrogen-bond donors (Lipinski definition) is 1. The van der Waals surface area contributed by atoms with E-state index >= 15 is 0 Å². The molecule has 2 aliphatic heterocycles. The molecule has 1 atom stereocenters. The second-order valence-electron chi connectivity index (χ2n) is 10.6. The lowest BCUT2D eigenvalue weighted by Crippen LogP contribution is -2.40. The van der Waals surface area contributed by atoms with Gasteiger partial charge in [0.2, 0.25) is 0 Å². The Hall–Kier alpha value is -4.95. The summed E-state index contributed by atoms with van der Waals surface area (Å²) in [5, 5.41) is 0. The van der Waals surface area contributed by atoms with Crippen molar-refractivity contribution in [2.75, 3.05) is 13.1 Å². The van der Waals surface area contributed by atoms with Crippen molar-refractivity contribution >= 4 is 22.7 Å². The van der Waals surface area contributed by atoms with E-state index in [-0.39, 0.29) is 40.8 Å². The van der Waals surface area contributed by atoms with Gasteiger partial charge in [0.15, 0.2) is 5.58 Å². The van der Waals surface area contributed by atoms with E-state index in [1.807, 2.05) is 0 Å². The van der Waals surface area contributed by atoms with Crippen LogP contribution in [-0.2, 0) is 17.1 Å². The minimum Gasteiger partial charge on any atom is -0.457 e. The molecule has 0 bridgehead atoms. The van der Waals surface area contributed by atoms with Crippen LogP contribution in [0.25, 0.3) is 11.1 Å². The number of hydrogen-bond acceptors (Lipinski definition) is 5. The predicted octanol–water partition coefficient (Wildman–Crippen LogP) is 7.29. The third-order valence-electron chi connectivity index (χ3n) is 7.22. The number of oxazole rings is 1. The molecule has 0 saturated carbocycles. The van der Waals surface area contributed by atoms with E-state index < -0.39 is 59.4 Å². The molecule has 0 saturated heterocycles. The Morgan fingerprint density at radius 3 is 2.16 bits per heavy atom. The summed E-state index contributed by atoms with van der Waals surface area (Å²) >= 11 is 0. The van der Waals surface area contributed by atoms with Crippen molar-refractivity contribution in [3.05, 3.63) is 105 Å². The molecule has 1 N–H and O–H groups in total. The highest BCUT2D eigenvalue weighted by Crippen LogP contribution is 2.45. The van der Waals surface area contributed by atoms with Gasteiger partial charge in [-0.15, -0.1) is 0 Å². The maximum atomic E-state index is 14.3. The molecule has 0 fully saturated rings. The molecule has 45 heavy (non-hydrogen) atoms. The fraction of sp³-hybridized carbons (Fsp3) is 0.233. The van der Waals surface area contributed by atoms with Crippen LogP contribution >= 0.6 is 0 Å². The zero-order valence-corrected chi connectivity index (χ0v) is 22.8. The zero-order valence-electron chi connectivity index (χ0n) is 22.8. The number of benzene rings is 3. The molecule has 0 spiro atoms. The number of aliphatic imine (C=N–C) groups is 1. The van der Waals surface area contributed by atoms with Crippen LogP contribution in [0.4, 0.5) is 35.1 Å². The Kier molecular flexibility index (Phi) is 6.89. The van der Waals surface area contributed by atoms with Crippen molar-refractivity contribution in [2.45, 2.75) is 31.2 Å². The van der Waals surface area contributed by atoms with Gasteiger partial charge in [0.25, 0.3) is 11.8 Å². The number of nitrogens with one attached hydrogen (secondary N) is 1. The molecule has 3 heterocycles. The molecule has 7 nitrogen and oxygen atoms in total. The van der Waals surface area contributed by atoms with Crippen LogP contribution in [0.1, 0.15) is 35.2 Å². The van der Waals surface area contributed by atoms with Gasteiger partial charge in [0.1, 0.15) is 11.5 Å². The summed E-state index contributed by atoms with van der Waals surface area (Å²) in [6.45, 7) is -0.454. The van der Waals surface area contributed by atoms with E-state index in [0.29, 0.717) is 35.7 Å². The fourth-order valence-corrected chi connectivity index (χ4v) is 5.43. The average molecular weight is 637 g/mol. The molecule has 1 aromatic heterocycles. The first-order valence-corrected chi connectivity index (χ1v) is 13.2. The molecule has 2 aliphatic rings. The van der Waals surface area contributed by atoms with Crippen LogP contribution in [0.3, 0.4) is 0 Å². The molecule has 3 aromatic carbocycles. The Bertz CT molecular complexity index is 1910. The second kappa shape index (κ2) is 10.3. The number of nitrogens with zero attached hydrogens (tertiary/aromatic N) is 2. The Labute approximate surface area is 247 Å². The molecule has 4 aromatic rings. The van der Waals surface area contributed by atoms with Crippen molar-refractivity contribution in [2.24, 2.45) is 4.99 Å². The summed E-state index contributed by atoms with van der Waals surface area (Å²) in [4.78, 5) is 33.2. The van der Waals surface area contributed by atoms with Gasteiger partial charge in [0.05, 0.1) is 41.5 Å². The van der Waals surface area contributed by atoms with Gasteiger partial charge in [-0.3, -0.25) is 14.8 Å². The predicted molar refractivity (Wildman–Crippen MR) is 143 cm³/mol. The SMILES string of the molecule is CC(F)(F)CN1C(=O)C2=C(C(c3cccc4[nH]c(=O)oc34)=NC2)C1c1ccc(Oc2cc(C(F)(F)F)cc(C(F)(F)F)c2)cc1. The normalized spacial score (nSPS) is 17.4. The Balaban J connectivity index is 1.38. The van der Waals surface area contributed by atoms with Crippen molar-refractivity contribution in [3.63, 3.8) is 0 Å². The first kappa shape index (κ1) is 30.1. The monoisotopic (exact) mass is 637 g/mol. The van der Waals surface area contributed by atoms with E-state index in [4.69, 9.17) is 9.15 Å². The molecule has 6 rings (SSSR count). The second-order valence-corrected chi connectivity index (χ2v) is 10.6. The topological polar surface area (TPSA) is 87.9 Å².